The van der Waals surface area contributed by atoms with E-state index in [1.807, 2.05) is 0 Å². The lowest BCUT2D eigenvalue weighted by molar-refractivity contribution is -0.115. The second-order valence-corrected chi connectivity index (χ2v) is 4.39. The maximum absolute atomic E-state index is 12.9. The highest BCUT2D eigenvalue weighted by atomic mass is 35.5. The van der Waals surface area contributed by atoms with E-state index < -0.39 is 5.82 Å². The van der Waals surface area contributed by atoms with Crippen molar-refractivity contribution in [2.24, 2.45) is 0 Å². The molecule has 0 aliphatic carbocycles. The number of phenols is 1. The van der Waals surface area contributed by atoms with E-state index in [9.17, 15) is 14.3 Å². The van der Waals surface area contributed by atoms with Gasteiger partial charge in [0.25, 0.3) is 0 Å². The first-order valence-electron chi connectivity index (χ1n) is 5.58. The number of rotatable bonds is 3. The summed E-state index contributed by atoms with van der Waals surface area (Å²) in [6, 6.07) is 10.3. The maximum atomic E-state index is 12.9. The molecule has 2 aromatic rings. The average Bonchev–Trinajstić information content (AvgIpc) is 2.36. The fourth-order valence-corrected chi connectivity index (χ4v) is 1.83. The number of phenolic OH excluding ortho intramolecular Hbond substituents is 1. The molecule has 0 aliphatic heterocycles. The molecule has 2 N–H and O–H groups in total. The third-order valence-electron chi connectivity index (χ3n) is 2.55. The number of halogens is 2. The smallest absolute Gasteiger partial charge is 0.228 e. The van der Waals surface area contributed by atoms with Crippen molar-refractivity contribution in [1.29, 1.82) is 0 Å². The van der Waals surface area contributed by atoms with Gasteiger partial charge in [0.1, 0.15) is 11.6 Å². The van der Waals surface area contributed by atoms with Crippen LogP contribution in [0.1, 0.15) is 5.56 Å². The van der Waals surface area contributed by atoms with E-state index in [2.05, 4.69) is 5.32 Å². The van der Waals surface area contributed by atoms with Gasteiger partial charge in [-0.3, -0.25) is 4.79 Å². The Bertz CT molecular complexity index is 616. The van der Waals surface area contributed by atoms with Crippen molar-refractivity contribution in [3.8, 4) is 5.75 Å². The first-order valence-corrected chi connectivity index (χ1v) is 5.96. The number of amides is 1. The van der Waals surface area contributed by atoms with Gasteiger partial charge in [0.15, 0.2) is 0 Å². The van der Waals surface area contributed by atoms with Crippen molar-refractivity contribution in [3.63, 3.8) is 0 Å². The van der Waals surface area contributed by atoms with Crippen molar-refractivity contribution >= 4 is 23.2 Å². The Morgan fingerprint density at radius 2 is 2.00 bits per heavy atom. The minimum Gasteiger partial charge on any atom is -0.508 e. The van der Waals surface area contributed by atoms with Gasteiger partial charge >= 0.3 is 0 Å². The SMILES string of the molecule is O=C(Cc1ccccc1O)Nc1ccc(F)cc1Cl. The van der Waals surface area contributed by atoms with Gasteiger partial charge in [0.2, 0.25) is 5.91 Å². The zero-order chi connectivity index (χ0) is 13.8. The van der Waals surface area contributed by atoms with Crippen molar-refractivity contribution in [2.45, 2.75) is 6.42 Å². The fraction of sp³-hybridized carbons (Fsp3) is 0.0714. The first kappa shape index (κ1) is 13.4. The molecule has 0 fully saturated rings. The lowest BCUT2D eigenvalue weighted by atomic mass is 10.1. The highest BCUT2D eigenvalue weighted by molar-refractivity contribution is 6.33. The van der Waals surface area contributed by atoms with E-state index in [1.165, 1.54) is 18.2 Å². The minimum atomic E-state index is -0.469. The third-order valence-corrected chi connectivity index (χ3v) is 2.86. The van der Waals surface area contributed by atoms with Gasteiger partial charge in [-0.15, -0.1) is 0 Å². The van der Waals surface area contributed by atoms with E-state index in [4.69, 9.17) is 11.6 Å². The molecule has 0 spiro atoms. The van der Waals surface area contributed by atoms with Crippen LogP contribution in [0.3, 0.4) is 0 Å². The summed E-state index contributed by atoms with van der Waals surface area (Å²) < 4.78 is 12.9. The topological polar surface area (TPSA) is 49.3 Å². The van der Waals surface area contributed by atoms with E-state index in [-0.39, 0.29) is 23.1 Å². The van der Waals surface area contributed by atoms with E-state index in [0.29, 0.717) is 11.3 Å². The van der Waals surface area contributed by atoms with Crippen LogP contribution in [0.5, 0.6) is 5.75 Å². The van der Waals surface area contributed by atoms with Crippen molar-refractivity contribution in [2.75, 3.05) is 5.32 Å². The molecule has 2 rings (SSSR count). The molecular formula is C14H11ClFNO2. The van der Waals surface area contributed by atoms with E-state index >= 15 is 0 Å². The van der Waals surface area contributed by atoms with Crippen molar-refractivity contribution < 1.29 is 14.3 Å². The number of para-hydroxylation sites is 1. The van der Waals surface area contributed by atoms with Crippen LogP contribution < -0.4 is 5.32 Å². The quantitative estimate of drug-likeness (QED) is 0.905. The molecular weight excluding hydrogens is 269 g/mol. The number of benzene rings is 2. The van der Waals surface area contributed by atoms with Gasteiger partial charge < -0.3 is 10.4 Å². The molecule has 0 unspecified atom stereocenters. The monoisotopic (exact) mass is 279 g/mol. The first-order chi connectivity index (χ1) is 9.06. The minimum absolute atomic E-state index is 0.0143. The zero-order valence-corrected chi connectivity index (χ0v) is 10.6. The molecule has 1 amide bonds. The van der Waals surface area contributed by atoms with Crippen molar-refractivity contribution in [3.05, 3.63) is 58.9 Å². The maximum Gasteiger partial charge on any atom is 0.228 e. The largest absolute Gasteiger partial charge is 0.508 e. The van der Waals surface area contributed by atoms with Crippen LogP contribution in [0.4, 0.5) is 10.1 Å². The molecule has 0 saturated carbocycles. The Labute approximate surface area is 114 Å². The summed E-state index contributed by atoms with van der Waals surface area (Å²) in [4.78, 5) is 11.8. The van der Waals surface area contributed by atoms with Gasteiger partial charge in [0, 0.05) is 5.56 Å². The lowest BCUT2D eigenvalue weighted by Crippen LogP contribution is -2.14. The Morgan fingerprint density at radius 3 is 2.68 bits per heavy atom. The van der Waals surface area contributed by atoms with E-state index in [0.717, 1.165) is 6.07 Å². The highest BCUT2D eigenvalue weighted by Crippen LogP contribution is 2.23. The summed E-state index contributed by atoms with van der Waals surface area (Å²) in [6.07, 6.45) is 0.0143. The standard InChI is InChI=1S/C14H11ClFNO2/c15-11-8-10(16)5-6-12(11)17-14(19)7-9-3-1-2-4-13(9)18/h1-6,8,18H,7H2,(H,17,19). The molecule has 0 bridgehead atoms. The Hall–Kier alpha value is -2.07. The summed E-state index contributed by atoms with van der Waals surface area (Å²) in [7, 11) is 0. The summed E-state index contributed by atoms with van der Waals surface area (Å²) >= 11 is 5.80. The number of aromatic hydroxyl groups is 1. The van der Waals surface area contributed by atoms with Crippen LogP contribution in [0.15, 0.2) is 42.5 Å². The van der Waals surface area contributed by atoms with Crippen LogP contribution >= 0.6 is 11.6 Å². The summed E-state index contributed by atoms with van der Waals surface area (Å²) in [5.74, 6) is -0.749. The van der Waals surface area contributed by atoms with Crippen LogP contribution in [0.25, 0.3) is 0 Å². The Balaban J connectivity index is 2.08. The van der Waals surface area contributed by atoms with Gasteiger partial charge in [0.05, 0.1) is 17.1 Å². The molecule has 0 saturated heterocycles. The number of nitrogens with one attached hydrogen (secondary N) is 1. The van der Waals surface area contributed by atoms with Gasteiger partial charge in [-0.05, 0) is 24.3 Å². The molecule has 5 heteroatoms. The number of anilines is 1. The highest BCUT2D eigenvalue weighted by Gasteiger charge is 2.09. The number of hydrogen-bond donors (Lipinski definition) is 2. The molecule has 2 aromatic carbocycles. The van der Waals surface area contributed by atoms with Gasteiger partial charge in [-0.25, -0.2) is 4.39 Å². The molecule has 0 atom stereocenters. The van der Waals surface area contributed by atoms with Crippen LogP contribution in [0.2, 0.25) is 5.02 Å². The number of carbonyl (C=O) groups is 1. The van der Waals surface area contributed by atoms with Crippen molar-refractivity contribution in [1.82, 2.24) is 0 Å². The van der Waals surface area contributed by atoms with Crippen LogP contribution in [0, 0.1) is 5.82 Å². The normalized spacial score (nSPS) is 10.2. The predicted octanol–water partition coefficient (Wildman–Crippen LogP) is 3.37. The lowest BCUT2D eigenvalue weighted by Gasteiger charge is -2.08. The summed E-state index contributed by atoms with van der Waals surface area (Å²) in [5.41, 5.74) is 0.849. The molecule has 0 radical (unpaired) electrons. The summed E-state index contributed by atoms with van der Waals surface area (Å²) in [6.45, 7) is 0. The third kappa shape index (κ3) is 3.45. The molecule has 0 heterocycles. The van der Waals surface area contributed by atoms with Gasteiger partial charge in [-0.1, -0.05) is 29.8 Å². The predicted molar refractivity (Wildman–Crippen MR) is 71.9 cm³/mol. The fourth-order valence-electron chi connectivity index (χ4n) is 1.62. The zero-order valence-electron chi connectivity index (χ0n) is 9.86. The summed E-state index contributed by atoms with van der Waals surface area (Å²) in [5, 5.41) is 12.3. The van der Waals surface area contributed by atoms with Crippen LogP contribution in [-0.2, 0) is 11.2 Å². The van der Waals surface area contributed by atoms with Crippen LogP contribution in [-0.4, -0.2) is 11.0 Å². The Kier molecular flexibility index (Phi) is 4.02. The second-order valence-electron chi connectivity index (χ2n) is 3.98. The molecule has 19 heavy (non-hydrogen) atoms. The number of carbonyl (C=O) groups excluding carboxylic acids is 1. The molecule has 98 valence electrons. The average molecular weight is 280 g/mol. The Morgan fingerprint density at radius 1 is 1.26 bits per heavy atom. The number of hydrogen-bond acceptors (Lipinski definition) is 2. The van der Waals surface area contributed by atoms with E-state index in [1.54, 1.807) is 18.2 Å². The van der Waals surface area contributed by atoms with Gasteiger partial charge in [-0.2, -0.15) is 0 Å². The second kappa shape index (κ2) is 5.71. The molecule has 3 nitrogen and oxygen atoms in total. The molecule has 0 aliphatic rings. The molecule has 0 aromatic heterocycles.